The summed E-state index contributed by atoms with van der Waals surface area (Å²) in [5.41, 5.74) is 2.23. The molecular weight excluding hydrogens is 236 g/mol. The summed E-state index contributed by atoms with van der Waals surface area (Å²) in [7, 11) is 0. The lowest BCUT2D eigenvalue weighted by Crippen LogP contribution is -2.17. The molecule has 3 rings (SSSR count). The predicted molar refractivity (Wildman–Crippen MR) is 76.4 cm³/mol. The molecule has 0 amide bonds. The molecule has 100 valence electrons. The van der Waals surface area contributed by atoms with Crippen LogP contribution in [0.4, 0.5) is 5.69 Å². The summed E-state index contributed by atoms with van der Waals surface area (Å²) >= 11 is 0. The largest absolute Gasteiger partial charge is 0.385 e. The second kappa shape index (κ2) is 5.87. The fourth-order valence-electron chi connectivity index (χ4n) is 2.73. The number of nitrogens with zero attached hydrogens (tertiary/aromatic N) is 3. The SMILES string of the molecule is c1ncn(-c2ccc(NCC3CCCCC3)cc2)n1. The normalized spacial score (nSPS) is 16.4. The van der Waals surface area contributed by atoms with Crippen molar-refractivity contribution in [1.82, 2.24) is 14.8 Å². The van der Waals surface area contributed by atoms with Gasteiger partial charge in [0.2, 0.25) is 0 Å². The van der Waals surface area contributed by atoms with Crippen LogP contribution in [0.3, 0.4) is 0 Å². The van der Waals surface area contributed by atoms with Gasteiger partial charge in [0.25, 0.3) is 0 Å². The molecule has 0 bridgehead atoms. The van der Waals surface area contributed by atoms with Crippen LogP contribution in [-0.4, -0.2) is 21.3 Å². The molecule has 0 radical (unpaired) electrons. The molecule has 0 aliphatic heterocycles. The molecule has 1 heterocycles. The van der Waals surface area contributed by atoms with Crippen LogP contribution in [-0.2, 0) is 0 Å². The quantitative estimate of drug-likeness (QED) is 0.913. The molecule has 1 aliphatic carbocycles. The molecule has 1 fully saturated rings. The van der Waals surface area contributed by atoms with E-state index < -0.39 is 0 Å². The number of hydrogen-bond donors (Lipinski definition) is 1. The Kier molecular flexibility index (Phi) is 3.77. The van der Waals surface area contributed by atoms with Gasteiger partial charge in [-0.2, -0.15) is 5.10 Å². The number of hydrogen-bond acceptors (Lipinski definition) is 3. The van der Waals surface area contributed by atoms with E-state index in [2.05, 4.69) is 39.7 Å². The zero-order valence-corrected chi connectivity index (χ0v) is 11.1. The van der Waals surface area contributed by atoms with Crippen molar-refractivity contribution in [3.05, 3.63) is 36.9 Å². The number of benzene rings is 1. The second-order valence-electron chi connectivity index (χ2n) is 5.27. The van der Waals surface area contributed by atoms with Gasteiger partial charge < -0.3 is 5.32 Å². The Morgan fingerprint density at radius 2 is 1.89 bits per heavy atom. The first-order valence-corrected chi connectivity index (χ1v) is 7.11. The van der Waals surface area contributed by atoms with Crippen LogP contribution in [0.1, 0.15) is 32.1 Å². The first-order chi connectivity index (χ1) is 9.42. The number of anilines is 1. The topological polar surface area (TPSA) is 42.7 Å². The molecule has 0 atom stereocenters. The van der Waals surface area contributed by atoms with E-state index >= 15 is 0 Å². The minimum absolute atomic E-state index is 0.851. The molecule has 1 aliphatic rings. The average molecular weight is 256 g/mol. The van der Waals surface area contributed by atoms with Gasteiger partial charge >= 0.3 is 0 Å². The minimum Gasteiger partial charge on any atom is -0.385 e. The van der Waals surface area contributed by atoms with Crippen molar-refractivity contribution in [1.29, 1.82) is 0 Å². The third kappa shape index (κ3) is 3.13. The van der Waals surface area contributed by atoms with Crippen LogP contribution in [0.15, 0.2) is 36.9 Å². The molecule has 19 heavy (non-hydrogen) atoms. The van der Waals surface area contributed by atoms with Crippen molar-refractivity contribution in [2.75, 3.05) is 11.9 Å². The molecule has 1 aromatic heterocycles. The lowest BCUT2D eigenvalue weighted by molar-refractivity contribution is 0.373. The van der Waals surface area contributed by atoms with Crippen molar-refractivity contribution in [3.63, 3.8) is 0 Å². The Labute approximate surface area is 113 Å². The van der Waals surface area contributed by atoms with Crippen LogP contribution in [0.2, 0.25) is 0 Å². The molecule has 1 aromatic carbocycles. The Morgan fingerprint density at radius 1 is 1.11 bits per heavy atom. The number of aromatic nitrogens is 3. The molecule has 1 saturated carbocycles. The maximum absolute atomic E-state index is 4.12. The molecule has 0 saturated heterocycles. The smallest absolute Gasteiger partial charge is 0.138 e. The third-order valence-corrected chi connectivity index (χ3v) is 3.87. The summed E-state index contributed by atoms with van der Waals surface area (Å²) in [4.78, 5) is 3.95. The van der Waals surface area contributed by atoms with Gasteiger partial charge in [-0.3, -0.25) is 0 Å². The van der Waals surface area contributed by atoms with Gasteiger partial charge in [0.1, 0.15) is 12.7 Å². The first kappa shape index (κ1) is 12.2. The summed E-state index contributed by atoms with van der Waals surface area (Å²) in [6.07, 6.45) is 10.2. The molecule has 4 heteroatoms. The Bertz CT molecular complexity index is 483. The highest BCUT2D eigenvalue weighted by Gasteiger charge is 2.12. The molecule has 4 nitrogen and oxygen atoms in total. The van der Waals surface area contributed by atoms with Crippen molar-refractivity contribution in [3.8, 4) is 5.69 Å². The van der Waals surface area contributed by atoms with Crippen LogP contribution < -0.4 is 5.32 Å². The zero-order chi connectivity index (χ0) is 12.9. The average Bonchev–Trinajstić information content (AvgIpc) is 3.01. The highest BCUT2D eigenvalue weighted by molar-refractivity contribution is 5.48. The van der Waals surface area contributed by atoms with Crippen molar-refractivity contribution in [2.24, 2.45) is 5.92 Å². The first-order valence-electron chi connectivity index (χ1n) is 7.11. The van der Waals surface area contributed by atoms with E-state index in [0.29, 0.717) is 0 Å². The molecule has 0 spiro atoms. The molecule has 0 unspecified atom stereocenters. The van der Waals surface area contributed by atoms with Gasteiger partial charge in [-0.15, -0.1) is 0 Å². The van der Waals surface area contributed by atoms with Gasteiger partial charge in [0.15, 0.2) is 0 Å². The lowest BCUT2D eigenvalue weighted by Gasteiger charge is -2.22. The monoisotopic (exact) mass is 256 g/mol. The maximum Gasteiger partial charge on any atom is 0.138 e. The van der Waals surface area contributed by atoms with E-state index in [1.54, 1.807) is 17.3 Å². The van der Waals surface area contributed by atoms with Crippen LogP contribution in [0, 0.1) is 5.92 Å². The fourth-order valence-corrected chi connectivity index (χ4v) is 2.73. The third-order valence-electron chi connectivity index (χ3n) is 3.87. The zero-order valence-electron chi connectivity index (χ0n) is 11.1. The predicted octanol–water partition coefficient (Wildman–Crippen LogP) is 3.26. The highest BCUT2D eigenvalue weighted by Crippen LogP contribution is 2.24. The summed E-state index contributed by atoms with van der Waals surface area (Å²) in [5, 5.41) is 7.66. The Balaban J connectivity index is 1.57. The Morgan fingerprint density at radius 3 is 2.58 bits per heavy atom. The summed E-state index contributed by atoms with van der Waals surface area (Å²) in [6, 6.07) is 8.36. The standard InChI is InChI=1S/C15H20N4/c1-2-4-13(5-3-1)10-17-14-6-8-15(9-7-14)19-12-16-11-18-19/h6-9,11-13,17H,1-5,10H2. The minimum atomic E-state index is 0.851. The van der Waals surface area contributed by atoms with E-state index in [-0.39, 0.29) is 0 Å². The van der Waals surface area contributed by atoms with Crippen molar-refractivity contribution >= 4 is 5.69 Å². The van der Waals surface area contributed by atoms with Gasteiger partial charge in [0.05, 0.1) is 5.69 Å². The highest BCUT2D eigenvalue weighted by atomic mass is 15.3. The van der Waals surface area contributed by atoms with E-state index in [4.69, 9.17) is 0 Å². The van der Waals surface area contributed by atoms with Gasteiger partial charge in [-0.1, -0.05) is 19.3 Å². The molecular formula is C15H20N4. The fraction of sp³-hybridized carbons (Fsp3) is 0.467. The van der Waals surface area contributed by atoms with Crippen LogP contribution in [0.5, 0.6) is 0 Å². The van der Waals surface area contributed by atoms with Gasteiger partial charge in [-0.05, 0) is 43.0 Å². The molecule has 1 N–H and O–H groups in total. The molecule has 2 aromatic rings. The van der Waals surface area contributed by atoms with Crippen LogP contribution >= 0.6 is 0 Å². The van der Waals surface area contributed by atoms with E-state index in [0.717, 1.165) is 18.2 Å². The lowest BCUT2D eigenvalue weighted by atomic mass is 9.89. The van der Waals surface area contributed by atoms with E-state index in [1.807, 2.05) is 0 Å². The van der Waals surface area contributed by atoms with Gasteiger partial charge in [-0.25, -0.2) is 9.67 Å². The summed E-state index contributed by atoms with van der Waals surface area (Å²) in [5.74, 6) is 0.851. The van der Waals surface area contributed by atoms with Crippen molar-refractivity contribution < 1.29 is 0 Å². The van der Waals surface area contributed by atoms with Gasteiger partial charge in [0, 0.05) is 12.2 Å². The summed E-state index contributed by atoms with van der Waals surface area (Å²) < 4.78 is 1.77. The number of rotatable bonds is 4. The Hall–Kier alpha value is -1.84. The second-order valence-corrected chi connectivity index (χ2v) is 5.27. The number of nitrogens with one attached hydrogen (secondary N) is 1. The summed E-state index contributed by atoms with van der Waals surface area (Å²) in [6.45, 7) is 1.10. The van der Waals surface area contributed by atoms with Crippen LogP contribution in [0.25, 0.3) is 5.69 Å². The van der Waals surface area contributed by atoms with E-state index in [1.165, 1.54) is 37.8 Å². The van der Waals surface area contributed by atoms with E-state index in [9.17, 15) is 0 Å². The maximum atomic E-state index is 4.12. The van der Waals surface area contributed by atoms with Crippen molar-refractivity contribution in [2.45, 2.75) is 32.1 Å².